The fourth-order valence-corrected chi connectivity index (χ4v) is 5.61. The number of piperidine rings is 1. The van der Waals surface area contributed by atoms with E-state index in [1.165, 1.54) is 4.31 Å². The Hall–Kier alpha value is -2.91. The Morgan fingerprint density at radius 1 is 0.971 bits per heavy atom. The summed E-state index contributed by atoms with van der Waals surface area (Å²) in [6, 6.07) is 13.7. The summed E-state index contributed by atoms with van der Waals surface area (Å²) in [5.41, 5.74) is 1.76. The monoisotopic (exact) mass is 486 g/mol. The van der Waals surface area contributed by atoms with Crippen LogP contribution >= 0.6 is 0 Å². The standard InChI is InChI=1S/C25H34N4O4S/c1-3-28(4-2)23-14-13-21(34(32,33)29-17-9-6-10-18-29)19-22(23)27-24(30)15-16-26-25(31)20-11-7-5-8-12-20/h5,7-8,11-14,19H,3-4,6,9-10,15-18H2,1-2H3,(H,26,31)(H,27,30). The van der Waals surface area contributed by atoms with Crippen molar-refractivity contribution in [3.8, 4) is 0 Å². The molecule has 2 amide bonds. The highest BCUT2D eigenvalue weighted by molar-refractivity contribution is 7.89. The summed E-state index contributed by atoms with van der Waals surface area (Å²) in [6.45, 7) is 6.65. The number of hydrogen-bond donors (Lipinski definition) is 2. The minimum absolute atomic E-state index is 0.0688. The molecule has 0 spiro atoms. The summed E-state index contributed by atoms with van der Waals surface area (Å²) < 4.78 is 27.9. The van der Waals surface area contributed by atoms with Crippen molar-refractivity contribution in [1.82, 2.24) is 9.62 Å². The van der Waals surface area contributed by atoms with Crippen LogP contribution in [0.2, 0.25) is 0 Å². The quantitative estimate of drug-likeness (QED) is 0.536. The van der Waals surface area contributed by atoms with Crippen molar-refractivity contribution in [2.24, 2.45) is 0 Å². The van der Waals surface area contributed by atoms with Gasteiger partial charge in [-0.15, -0.1) is 0 Å². The number of sulfonamides is 1. The zero-order valence-electron chi connectivity index (χ0n) is 19.9. The molecular formula is C25H34N4O4S. The minimum atomic E-state index is -3.63. The largest absolute Gasteiger partial charge is 0.370 e. The minimum Gasteiger partial charge on any atom is -0.370 e. The zero-order chi connectivity index (χ0) is 24.6. The normalized spacial score (nSPS) is 14.4. The fourth-order valence-electron chi connectivity index (χ4n) is 4.06. The molecule has 34 heavy (non-hydrogen) atoms. The lowest BCUT2D eigenvalue weighted by Gasteiger charge is -2.28. The second kappa shape index (κ2) is 12.0. The third kappa shape index (κ3) is 6.36. The van der Waals surface area contributed by atoms with Crippen LogP contribution in [0.1, 0.15) is 49.9 Å². The summed E-state index contributed by atoms with van der Waals surface area (Å²) in [6.07, 6.45) is 2.82. The van der Waals surface area contributed by atoms with Crippen molar-refractivity contribution in [3.63, 3.8) is 0 Å². The number of carbonyl (C=O) groups excluding carboxylic acids is 2. The average Bonchev–Trinajstić information content (AvgIpc) is 2.86. The van der Waals surface area contributed by atoms with Gasteiger partial charge < -0.3 is 15.5 Å². The molecule has 0 atom stereocenters. The van der Waals surface area contributed by atoms with E-state index in [2.05, 4.69) is 15.5 Å². The van der Waals surface area contributed by atoms with E-state index in [1.807, 2.05) is 19.9 Å². The first-order chi connectivity index (χ1) is 16.4. The van der Waals surface area contributed by atoms with Crippen LogP contribution in [-0.2, 0) is 14.8 Å². The van der Waals surface area contributed by atoms with E-state index in [-0.39, 0.29) is 29.7 Å². The van der Waals surface area contributed by atoms with E-state index >= 15 is 0 Å². The molecule has 2 aromatic rings. The van der Waals surface area contributed by atoms with Crippen LogP contribution in [0.15, 0.2) is 53.4 Å². The van der Waals surface area contributed by atoms with Crippen molar-refractivity contribution in [1.29, 1.82) is 0 Å². The lowest BCUT2D eigenvalue weighted by Crippen LogP contribution is -2.35. The fraction of sp³-hybridized carbons (Fsp3) is 0.440. The molecule has 1 aliphatic rings. The maximum Gasteiger partial charge on any atom is 0.251 e. The molecule has 3 rings (SSSR count). The second-order valence-corrected chi connectivity index (χ2v) is 10.2. The highest BCUT2D eigenvalue weighted by Gasteiger charge is 2.27. The Labute approximate surface area is 202 Å². The van der Waals surface area contributed by atoms with Gasteiger partial charge in [-0.2, -0.15) is 4.31 Å². The van der Waals surface area contributed by atoms with E-state index in [4.69, 9.17) is 0 Å². The van der Waals surface area contributed by atoms with E-state index < -0.39 is 10.0 Å². The van der Waals surface area contributed by atoms with Crippen molar-refractivity contribution in [2.75, 3.05) is 42.9 Å². The molecule has 184 valence electrons. The van der Waals surface area contributed by atoms with Crippen molar-refractivity contribution >= 4 is 33.2 Å². The summed E-state index contributed by atoms with van der Waals surface area (Å²) in [5, 5.41) is 5.61. The molecular weight excluding hydrogens is 452 g/mol. The molecule has 0 saturated carbocycles. The Morgan fingerprint density at radius 3 is 2.29 bits per heavy atom. The van der Waals surface area contributed by atoms with Gasteiger partial charge in [0, 0.05) is 44.7 Å². The average molecular weight is 487 g/mol. The maximum absolute atomic E-state index is 13.2. The second-order valence-electron chi connectivity index (χ2n) is 8.24. The molecule has 0 bridgehead atoms. The maximum atomic E-state index is 13.2. The smallest absolute Gasteiger partial charge is 0.251 e. The van der Waals surface area contributed by atoms with Crippen LogP contribution in [0.5, 0.6) is 0 Å². The summed E-state index contributed by atoms with van der Waals surface area (Å²) in [4.78, 5) is 27.1. The molecule has 0 aromatic heterocycles. The summed E-state index contributed by atoms with van der Waals surface area (Å²) >= 11 is 0. The van der Waals surface area contributed by atoms with Gasteiger partial charge in [0.25, 0.3) is 5.91 Å². The van der Waals surface area contributed by atoms with Crippen LogP contribution in [0.3, 0.4) is 0 Å². The first-order valence-corrected chi connectivity index (χ1v) is 13.3. The molecule has 2 aromatic carbocycles. The van der Waals surface area contributed by atoms with Gasteiger partial charge in [-0.05, 0) is 57.0 Å². The first kappa shape index (κ1) is 25.7. The highest BCUT2D eigenvalue weighted by Crippen LogP contribution is 2.31. The van der Waals surface area contributed by atoms with Gasteiger partial charge in [0.15, 0.2) is 0 Å². The number of hydrogen-bond acceptors (Lipinski definition) is 5. The molecule has 1 saturated heterocycles. The topological polar surface area (TPSA) is 98.8 Å². The van der Waals surface area contributed by atoms with E-state index in [1.54, 1.807) is 42.5 Å². The number of anilines is 2. The Balaban J connectivity index is 1.74. The molecule has 2 N–H and O–H groups in total. The van der Waals surface area contributed by atoms with Gasteiger partial charge in [-0.25, -0.2) is 8.42 Å². The summed E-state index contributed by atoms with van der Waals surface area (Å²) in [5.74, 6) is -0.541. The predicted molar refractivity (Wildman–Crippen MR) is 135 cm³/mol. The molecule has 9 heteroatoms. The first-order valence-electron chi connectivity index (χ1n) is 11.9. The third-order valence-electron chi connectivity index (χ3n) is 5.97. The molecule has 0 unspecified atom stereocenters. The highest BCUT2D eigenvalue weighted by atomic mass is 32.2. The Kier molecular flexibility index (Phi) is 9.06. The van der Waals surface area contributed by atoms with Crippen LogP contribution in [0, 0.1) is 0 Å². The van der Waals surface area contributed by atoms with Crippen molar-refractivity contribution in [3.05, 3.63) is 54.1 Å². The van der Waals surface area contributed by atoms with Crippen LogP contribution in [0.4, 0.5) is 11.4 Å². The van der Waals surface area contributed by atoms with Gasteiger partial charge >= 0.3 is 0 Å². The van der Waals surface area contributed by atoms with E-state index in [9.17, 15) is 18.0 Å². The van der Waals surface area contributed by atoms with E-state index in [0.29, 0.717) is 37.4 Å². The van der Waals surface area contributed by atoms with Crippen LogP contribution < -0.4 is 15.5 Å². The number of carbonyl (C=O) groups is 2. The molecule has 1 fully saturated rings. The lowest BCUT2D eigenvalue weighted by molar-refractivity contribution is -0.116. The number of nitrogens with zero attached hydrogens (tertiary/aromatic N) is 2. The molecule has 0 aliphatic carbocycles. The van der Waals surface area contributed by atoms with Crippen molar-refractivity contribution in [2.45, 2.75) is 44.4 Å². The van der Waals surface area contributed by atoms with Gasteiger partial charge in [0.1, 0.15) is 0 Å². The number of nitrogens with one attached hydrogen (secondary N) is 2. The van der Waals surface area contributed by atoms with Crippen LogP contribution in [0.25, 0.3) is 0 Å². The molecule has 1 heterocycles. The third-order valence-corrected chi connectivity index (χ3v) is 7.87. The Bertz CT molecular complexity index is 1080. The summed E-state index contributed by atoms with van der Waals surface area (Å²) in [7, 11) is -3.63. The van der Waals surface area contributed by atoms with Gasteiger partial charge in [0.2, 0.25) is 15.9 Å². The lowest BCUT2D eigenvalue weighted by atomic mass is 10.2. The predicted octanol–water partition coefficient (Wildman–Crippen LogP) is 3.47. The molecule has 0 radical (unpaired) electrons. The number of rotatable bonds is 10. The number of amides is 2. The van der Waals surface area contributed by atoms with Gasteiger partial charge in [0.05, 0.1) is 16.3 Å². The molecule has 8 nitrogen and oxygen atoms in total. The van der Waals surface area contributed by atoms with Crippen molar-refractivity contribution < 1.29 is 18.0 Å². The zero-order valence-corrected chi connectivity index (χ0v) is 20.7. The number of benzene rings is 2. The SMILES string of the molecule is CCN(CC)c1ccc(S(=O)(=O)N2CCCCC2)cc1NC(=O)CCNC(=O)c1ccccc1. The van der Waals surface area contributed by atoms with E-state index in [0.717, 1.165) is 24.9 Å². The molecule has 1 aliphatic heterocycles. The van der Waals surface area contributed by atoms with Gasteiger partial charge in [-0.3, -0.25) is 9.59 Å². The Morgan fingerprint density at radius 2 is 1.65 bits per heavy atom. The van der Waals surface area contributed by atoms with Crippen LogP contribution in [-0.4, -0.2) is 57.3 Å². The van der Waals surface area contributed by atoms with Gasteiger partial charge in [-0.1, -0.05) is 24.6 Å².